The van der Waals surface area contributed by atoms with Crippen LogP contribution in [-0.2, 0) is 4.79 Å². The van der Waals surface area contributed by atoms with E-state index in [9.17, 15) is 4.79 Å². The molecular formula is C10H12BrNO2S. The summed E-state index contributed by atoms with van der Waals surface area (Å²) in [5, 5.41) is 2.40. The van der Waals surface area contributed by atoms with Crippen LogP contribution in [0.3, 0.4) is 0 Å². The average molecular weight is 290 g/mol. The number of benzene rings is 1. The van der Waals surface area contributed by atoms with Crippen LogP contribution in [0.25, 0.3) is 0 Å². The van der Waals surface area contributed by atoms with E-state index in [0.717, 1.165) is 4.47 Å². The Kier molecular flexibility index (Phi) is 4.47. The minimum absolute atomic E-state index is 0.146. The summed E-state index contributed by atoms with van der Waals surface area (Å²) in [5.41, 5.74) is 0.681. The van der Waals surface area contributed by atoms with Gasteiger partial charge in [0.05, 0.1) is 18.0 Å². The summed E-state index contributed by atoms with van der Waals surface area (Å²) in [6, 6.07) is 5.37. The Hall–Kier alpha value is -0.680. The lowest BCUT2D eigenvalue weighted by atomic mass is 10.3. The molecule has 82 valence electrons. The van der Waals surface area contributed by atoms with Gasteiger partial charge in [0, 0.05) is 10.5 Å². The molecule has 1 amide bonds. The number of hydrogen-bond donors (Lipinski definition) is 2. The van der Waals surface area contributed by atoms with E-state index in [4.69, 9.17) is 4.74 Å². The fourth-order valence-electron chi connectivity index (χ4n) is 0.964. The minimum atomic E-state index is -0.344. The molecule has 0 saturated carbocycles. The largest absolute Gasteiger partial charge is 0.497 e. The summed E-state index contributed by atoms with van der Waals surface area (Å²) < 4.78 is 5.87. The number of amides is 1. The molecule has 1 N–H and O–H groups in total. The summed E-state index contributed by atoms with van der Waals surface area (Å²) in [7, 11) is 1.58. The van der Waals surface area contributed by atoms with Gasteiger partial charge in [-0.15, -0.1) is 0 Å². The summed E-state index contributed by atoms with van der Waals surface area (Å²) in [4.78, 5) is 11.4. The number of ether oxygens (including phenoxy) is 1. The lowest BCUT2D eigenvalue weighted by Crippen LogP contribution is -2.20. The first-order valence-electron chi connectivity index (χ1n) is 4.37. The Bertz CT molecular complexity index is 368. The fourth-order valence-corrected chi connectivity index (χ4v) is 1.37. The third-order valence-electron chi connectivity index (χ3n) is 1.81. The topological polar surface area (TPSA) is 38.3 Å². The first-order valence-corrected chi connectivity index (χ1v) is 5.68. The second kappa shape index (κ2) is 5.42. The molecule has 0 heterocycles. The normalized spacial score (nSPS) is 12.0. The van der Waals surface area contributed by atoms with Crippen LogP contribution in [0, 0.1) is 0 Å². The SMILES string of the molecule is COc1ccc(Br)c(NC(=O)C(C)S)c1. The Morgan fingerprint density at radius 3 is 2.80 bits per heavy atom. The van der Waals surface area contributed by atoms with Gasteiger partial charge in [0.1, 0.15) is 5.75 Å². The molecule has 1 atom stereocenters. The number of rotatable bonds is 3. The maximum Gasteiger partial charge on any atom is 0.236 e. The second-order valence-corrected chi connectivity index (χ2v) is 4.64. The van der Waals surface area contributed by atoms with Gasteiger partial charge in [-0.1, -0.05) is 0 Å². The van der Waals surface area contributed by atoms with Crippen LogP contribution < -0.4 is 10.1 Å². The number of thiol groups is 1. The van der Waals surface area contributed by atoms with E-state index in [1.54, 1.807) is 20.1 Å². The van der Waals surface area contributed by atoms with Crippen molar-refractivity contribution in [3.8, 4) is 5.75 Å². The molecular weight excluding hydrogens is 278 g/mol. The van der Waals surface area contributed by atoms with Crippen LogP contribution in [0.4, 0.5) is 5.69 Å². The van der Waals surface area contributed by atoms with Gasteiger partial charge in [-0.2, -0.15) is 12.6 Å². The first kappa shape index (κ1) is 12.4. The van der Waals surface area contributed by atoms with E-state index in [1.165, 1.54) is 0 Å². The first-order chi connectivity index (χ1) is 7.04. The molecule has 15 heavy (non-hydrogen) atoms. The van der Waals surface area contributed by atoms with Crippen molar-refractivity contribution in [3.05, 3.63) is 22.7 Å². The highest BCUT2D eigenvalue weighted by Crippen LogP contribution is 2.27. The van der Waals surface area contributed by atoms with Crippen LogP contribution >= 0.6 is 28.6 Å². The zero-order chi connectivity index (χ0) is 11.4. The van der Waals surface area contributed by atoms with Crippen LogP contribution in [0.15, 0.2) is 22.7 Å². The van der Waals surface area contributed by atoms with E-state index in [0.29, 0.717) is 11.4 Å². The number of carbonyl (C=O) groups excluding carboxylic acids is 1. The minimum Gasteiger partial charge on any atom is -0.497 e. The van der Waals surface area contributed by atoms with Crippen LogP contribution in [0.5, 0.6) is 5.75 Å². The van der Waals surface area contributed by atoms with E-state index < -0.39 is 0 Å². The third kappa shape index (κ3) is 3.43. The van der Waals surface area contributed by atoms with Crippen LogP contribution in [0.2, 0.25) is 0 Å². The van der Waals surface area contributed by atoms with Gasteiger partial charge in [-0.05, 0) is 35.0 Å². The zero-order valence-electron chi connectivity index (χ0n) is 8.45. The predicted octanol–water partition coefficient (Wildman–Crippen LogP) is 2.71. The van der Waals surface area contributed by atoms with E-state index in [1.807, 2.05) is 12.1 Å². The van der Waals surface area contributed by atoms with Gasteiger partial charge < -0.3 is 10.1 Å². The number of halogens is 1. The van der Waals surface area contributed by atoms with Gasteiger partial charge in [0.25, 0.3) is 0 Å². The smallest absolute Gasteiger partial charge is 0.236 e. The predicted molar refractivity (Wildman–Crippen MR) is 67.8 cm³/mol. The van der Waals surface area contributed by atoms with Crippen molar-refractivity contribution in [2.24, 2.45) is 0 Å². The molecule has 0 radical (unpaired) electrons. The molecule has 0 aliphatic heterocycles. The number of carbonyl (C=O) groups is 1. The number of anilines is 1. The molecule has 1 aromatic rings. The molecule has 0 fully saturated rings. The Balaban J connectivity index is 2.88. The van der Waals surface area contributed by atoms with Gasteiger partial charge in [0.15, 0.2) is 0 Å². The Morgan fingerprint density at radius 2 is 2.27 bits per heavy atom. The second-order valence-electron chi connectivity index (χ2n) is 3.01. The average Bonchev–Trinajstić information content (AvgIpc) is 2.21. The molecule has 1 unspecified atom stereocenters. The number of methoxy groups -OCH3 is 1. The highest BCUT2D eigenvalue weighted by Gasteiger charge is 2.10. The quantitative estimate of drug-likeness (QED) is 0.840. The standard InChI is InChI=1S/C10H12BrNO2S/c1-6(15)10(13)12-9-5-7(14-2)3-4-8(9)11/h3-6,15H,1-2H3,(H,12,13). The van der Waals surface area contributed by atoms with Crippen molar-refractivity contribution in [1.29, 1.82) is 0 Å². The summed E-state index contributed by atoms with van der Waals surface area (Å²) >= 11 is 7.39. The van der Waals surface area contributed by atoms with Crippen molar-refractivity contribution in [2.45, 2.75) is 12.2 Å². The molecule has 0 saturated heterocycles. The van der Waals surface area contributed by atoms with Crippen molar-refractivity contribution >= 4 is 40.2 Å². The molecule has 3 nitrogen and oxygen atoms in total. The van der Waals surface area contributed by atoms with E-state index >= 15 is 0 Å². The Morgan fingerprint density at radius 1 is 1.60 bits per heavy atom. The summed E-state index contributed by atoms with van der Waals surface area (Å²) in [6.07, 6.45) is 0. The zero-order valence-corrected chi connectivity index (χ0v) is 10.9. The maximum absolute atomic E-state index is 11.4. The summed E-state index contributed by atoms with van der Waals surface area (Å²) in [6.45, 7) is 1.71. The lowest BCUT2D eigenvalue weighted by molar-refractivity contribution is -0.115. The molecule has 0 aliphatic carbocycles. The van der Waals surface area contributed by atoms with Gasteiger partial charge in [0.2, 0.25) is 5.91 Å². The molecule has 0 aliphatic rings. The fraction of sp³-hybridized carbons (Fsp3) is 0.300. The number of hydrogen-bond acceptors (Lipinski definition) is 3. The molecule has 0 bridgehead atoms. The number of nitrogens with one attached hydrogen (secondary N) is 1. The molecule has 0 spiro atoms. The van der Waals surface area contributed by atoms with Gasteiger partial charge in [-0.3, -0.25) is 4.79 Å². The Labute approximate surface area is 103 Å². The van der Waals surface area contributed by atoms with E-state index in [2.05, 4.69) is 33.9 Å². The van der Waals surface area contributed by atoms with Crippen LogP contribution in [0.1, 0.15) is 6.92 Å². The summed E-state index contributed by atoms with van der Waals surface area (Å²) in [5.74, 6) is 0.549. The van der Waals surface area contributed by atoms with E-state index in [-0.39, 0.29) is 11.2 Å². The van der Waals surface area contributed by atoms with Crippen LogP contribution in [-0.4, -0.2) is 18.3 Å². The lowest BCUT2D eigenvalue weighted by Gasteiger charge is -2.10. The highest BCUT2D eigenvalue weighted by molar-refractivity contribution is 9.10. The molecule has 5 heteroatoms. The van der Waals surface area contributed by atoms with Crippen molar-refractivity contribution < 1.29 is 9.53 Å². The molecule has 0 aromatic heterocycles. The van der Waals surface area contributed by atoms with Gasteiger partial charge >= 0.3 is 0 Å². The monoisotopic (exact) mass is 289 g/mol. The van der Waals surface area contributed by atoms with Gasteiger partial charge in [-0.25, -0.2) is 0 Å². The highest BCUT2D eigenvalue weighted by atomic mass is 79.9. The maximum atomic E-state index is 11.4. The van der Waals surface area contributed by atoms with Crippen molar-refractivity contribution in [2.75, 3.05) is 12.4 Å². The molecule has 1 aromatic carbocycles. The van der Waals surface area contributed by atoms with Crippen molar-refractivity contribution in [3.63, 3.8) is 0 Å². The molecule has 1 rings (SSSR count). The third-order valence-corrected chi connectivity index (χ3v) is 2.74. The van der Waals surface area contributed by atoms with Crippen molar-refractivity contribution in [1.82, 2.24) is 0 Å².